The van der Waals surface area contributed by atoms with E-state index in [-0.39, 0.29) is 6.61 Å². The number of ether oxygens (including phenoxy) is 1. The van der Waals surface area contributed by atoms with E-state index in [0.29, 0.717) is 0 Å². The zero-order chi connectivity index (χ0) is 10.4. The quantitative estimate of drug-likeness (QED) is 0.562. The molecular formula is C9H12N2O3. The van der Waals surface area contributed by atoms with Gasteiger partial charge in [0.25, 0.3) is 0 Å². The first kappa shape index (κ1) is 10.3. The minimum atomic E-state index is -0.886. The van der Waals surface area contributed by atoms with Crippen molar-refractivity contribution in [1.82, 2.24) is 0 Å². The van der Waals surface area contributed by atoms with E-state index in [0.717, 1.165) is 11.3 Å². The van der Waals surface area contributed by atoms with Gasteiger partial charge in [0.15, 0.2) is 0 Å². The number of hydrogen-bond acceptors (Lipinski definition) is 5. The summed E-state index contributed by atoms with van der Waals surface area (Å²) < 4.78 is 4.64. The van der Waals surface area contributed by atoms with Gasteiger partial charge in [0, 0.05) is 12.7 Å². The molecular weight excluding hydrogens is 184 g/mol. The number of nitrogens with one attached hydrogen (secondary N) is 1. The molecule has 0 saturated heterocycles. The lowest BCUT2D eigenvalue weighted by molar-refractivity contribution is 0.0497. The summed E-state index contributed by atoms with van der Waals surface area (Å²) in [5, 5.41) is 2.98. The Labute approximate surface area is 81.8 Å². The lowest BCUT2D eigenvalue weighted by Gasteiger charge is -2.04. The second kappa shape index (κ2) is 5.08. The van der Waals surface area contributed by atoms with Crippen LogP contribution in [0.25, 0.3) is 0 Å². The number of rotatable bonds is 3. The second-order valence-corrected chi connectivity index (χ2v) is 2.60. The van der Waals surface area contributed by atoms with Crippen LogP contribution in [0.2, 0.25) is 0 Å². The number of hydrogen-bond donors (Lipinski definition) is 2. The molecule has 1 aromatic rings. The molecule has 0 aliphatic heterocycles. The van der Waals surface area contributed by atoms with Gasteiger partial charge in [-0.15, -0.1) is 0 Å². The third kappa shape index (κ3) is 2.95. The molecule has 14 heavy (non-hydrogen) atoms. The Morgan fingerprint density at radius 3 is 2.57 bits per heavy atom. The van der Waals surface area contributed by atoms with Crippen LogP contribution in [0.4, 0.5) is 10.5 Å². The van der Waals surface area contributed by atoms with Crippen molar-refractivity contribution in [3.63, 3.8) is 0 Å². The molecule has 3 N–H and O–H groups in total. The van der Waals surface area contributed by atoms with Crippen LogP contribution in [0.1, 0.15) is 5.56 Å². The number of nitrogens with two attached hydrogens (primary N) is 1. The van der Waals surface area contributed by atoms with Gasteiger partial charge in [-0.2, -0.15) is 5.90 Å². The molecule has 0 aliphatic carbocycles. The van der Waals surface area contributed by atoms with E-state index in [1.807, 2.05) is 31.3 Å². The standard InChI is InChI=1S/C9H12N2O3/c1-11-8-4-2-7(3-5-8)6-13-9(12)14-10/h2-5,11H,6,10H2,1H3. The smallest absolute Gasteiger partial charge is 0.428 e. The van der Waals surface area contributed by atoms with Crippen LogP contribution in [0.5, 0.6) is 0 Å². The van der Waals surface area contributed by atoms with Gasteiger partial charge in [-0.1, -0.05) is 12.1 Å². The summed E-state index contributed by atoms with van der Waals surface area (Å²) in [5.41, 5.74) is 1.87. The molecule has 0 atom stereocenters. The van der Waals surface area contributed by atoms with Crippen LogP contribution in [0.15, 0.2) is 24.3 Å². The van der Waals surface area contributed by atoms with Crippen molar-refractivity contribution in [2.75, 3.05) is 12.4 Å². The zero-order valence-corrected chi connectivity index (χ0v) is 7.82. The molecule has 76 valence electrons. The number of anilines is 1. The summed E-state index contributed by atoms with van der Waals surface area (Å²) in [6.45, 7) is 0.153. The summed E-state index contributed by atoms with van der Waals surface area (Å²) in [6, 6.07) is 7.45. The highest BCUT2D eigenvalue weighted by molar-refractivity contribution is 5.59. The van der Waals surface area contributed by atoms with Crippen molar-refractivity contribution >= 4 is 11.8 Å². The maximum absolute atomic E-state index is 10.5. The van der Waals surface area contributed by atoms with Gasteiger partial charge >= 0.3 is 6.16 Å². The van der Waals surface area contributed by atoms with Crippen molar-refractivity contribution in [2.45, 2.75) is 6.61 Å². The molecule has 0 spiro atoms. The van der Waals surface area contributed by atoms with Crippen molar-refractivity contribution in [2.24, 2.45) is 5.90 Å². The largest absolute Gasteiger partial charge is 0.527 e. The van der Waals surface area contributed by atoms with E-state index in [4.69, 9.17) is 0 Å². The van der Waals surface area contributed by atoms with Crippen molar-refractivity contribution in [1.29, 1.82) is 0 Å². The average molecular weight is 196 g/mol. The predicted molar refractivity (Wildman–Crippen MR) is 51.4 cm³/mol. The monoisotopic (exact) mass is 196 g/mol. The van der Waals surface area contributed by atoms with Crippen molar-refractivity contribution < 1.29 is 14.4 Å². The molecule has 1 aromatic carbocycles. The minimum absolute atomic E-state index is 0.153. The van der Waals surface area contributed by atoms with Gasteiger partial charge in [-0.3, -0.25) is 0 Å². The average Bonchev–Trinajstić information content (AvgIpc) is 2.26. The molecule has 5 heteroatoms. The Morgan fingerprint density at radius 2 is 2.07 bits per heavy atom. The normalized spacial score (nSPS) is 9.29. The fraction of sp³-hybridized carbons (Fsp3) is 0.222. The van der Waals surface area contributed by atoms with Crippen LogP contribution in [-0.2, 0) is 16.2 Å². The first-order chi connectivity index (χ1) is 6.76. The van der Waals surface area contributed by atoms with Crippen molar-refractivity contribution in [3.05, 3.63) is 29.8 Å². The van der Waals surface area contributed by atoms with Gasteiger partial charge in [-0.05, 0) is 17.7 Å². The van der Waals surface area contributed by atoms with Gasteiger partial charge in [0.1, 0.15) is 6.61 Å². The Kier molecular flexibility index (Phi) is 3.75. The van der Waals surface area contributed by atoms with Gasteiger partial charge in [-0.25, -0.2) is 4.79 Å². The number of benzene rings is 1. The topological polar surface area (TPSA) is 73.6 Å². The third-order valence-corrected chi connectivity index (χ3v) is 1.70. The summed E-state index contributed by atoms with van der Waals surface area (Å²) in [6.07, 6.45) is -0.886. The molecule has 0 aliphatic rings. The van der Waals surface area contributed by atoms with Crippen LogP contribution in [-0.4, -0.2) is 13.2 Å². The number of carbonyl (C=O) groups is 1. The Balaban J connectivity index is 2.47. The van der Waals surface area contributed by atoms with Crippen LogP contribution < -0.4 is 11.2 Å². The van der Waals surface area contributed by atoms with E-state index in [1.54, 1.807) is 0 Å². The molecule has 0 radical (unpaired) electrons. The summed E-state index contributed by atoms with van der Waals surface area (Å²) >= 11 is 0. The van der Waals surface area contributed by atoms with Crippen LogP contribution in [0.3, 0.4) is 0 Å². The maximum atomic E-state index is 10.5. The summed E-state index contributed by atoms with van der Waals surface area (Å²) in [4.78, 5) is 14.4. The molecule has 0 amide bonds. The minimum Gasteiger partial charge on any atom is -0.428 e. The molecule has 0 unspecified atom stereocenters. The van der Waals surface area contributed by atoms with Crippen molar-refractivity contribution in [3.8, 4) is 0 Å². The molecule has 0 aromatic heterocycles. The molecule has 0 bridgehead atoms. The van der Waals surface area contributed by atoms with E-state index in [2.05, 4.69) is 20.8 Å². The Morgan fingerprint density at radius 1 is 1.43 bits per heavy atom. The number of carbonyl (C=O) groups excluding carboxylic acids is 1. The van der Waals surface area contributed by atoms with Crippen LogP contribution in [0, 0.1) is 0 Å². The van der Waals surface area contributed by atoms with E-state index in [9.17, 15) is 4.79 Å². The van der Waals surface area contributed by atoms with Gasteiger partial charge in [0.2, 0.25) is 0 Å². The highest BCUT2D eigenvalue weighted by Gasteiger charge is 2.01. The summed E-state index contributed by atoms with van der Waals surface area (Å²) in [5.74, 6) is 4.60. The third-order valence-electron chi connectivity index (χ3n) is 1.70. The lowest BCUT2D eigenvalue weighted by Crippen LogP contribution is -2.11. The van der Waals surface area contributed by atoms with Crippen LogP contribution >= 0.6 is 0 Å². The predicted octanol–water partition coefficient (Wildman–Crippen LogP) is 1.26. The Bertz CT molecular complexity index is 297. The first-order valence-corrected chi connectivity index (χ1v) is 4.06. The Hall–Kier alpha value is -1.75. The molecule has 5 nitrogen and oxygen atoms in total. The fourth-order valence-corrected chi connectivity index (χ4v) is 0.944. The molecule has 0 saturated carbocycles. The molecule has 0 heterocycles. The zero-order valence-electron chi connectivity index (χ0n) is 7.82. The maximum Gasteiger partial charge on any atom is 0.527 e. The second-order valence-electron chi connectivity index (χ2n) is 2.60. The molecule has 0 fully saturated rings. The first-order valence-electron chi connectivity index (χ1n) is 4.06. The molecule has 1 rings (SSSR count). The van der Waals surface area contributed by atoms with Gasteiger partial charge < -0.3 is 14.9 Å². The van der Waals surface area contributed by atoms with Gasteiger partial charge in [0.05, 0.1) is 0 Å². The highest BCUT2D eigenvalue weighted by atomic mass is 16.8. The lowest BCUT2D eigenvalue weighted by atomic mass is 10.2. The van der Waals surface area contributed by atoms with E-state index < -0.39 is 6.16 Å². The van der Waals surface area contributed by atoms with E-state index in [1.165, 1.54) is 0 Å². The highest BCUT2D eigenvalue weighted by Crippen LogP contribution is 2.09. The summed E-state index contributed by atoms with van der Waals surface area (Å²) in [7, 11) is 1.83. The van der Waals surface area contributed by atoms with E-state index >= 15 is 0 Å². The SMILES string of the molecule is CNc1ccc(COC(=O)ON)cc1. The fourth-order valence-electron chi connectivity index (χ4n) is 0.944.